The van der Waals surface area contributed by atoms with E-state index in [0.717, 1.165) is 24.0 Å². The molecule has 2 aromatic carbocycles. The van der Waals surface area contributed by atoms with Crippen molar-refractivity contribution in [1.82, 2.24) is 0 Å². The first-order valence-corrected chi connectivity index (χ1v) is 12.9. The van der Waals surface area contributed by atoms with Crippen molar-refractivity contribution in [3.8, 4) is 34.5 Å². The summed E-state index contributed by atoms with van der Waals surface area (Å²) in [7, 11) is 1.36. The molecule has 1 aliphatic heterocycles. The van der Waals surface area contributed by atoms with Crippen LogP contribution in [0.4, 0.5) is 0 Å². The molecule has 0 fully saturated rings. The molecule has 39 heavy (non-hydrogen) atoms. The first kappa shape index (κ1) is 29.6. The lowest BCUT2D eigenvalue weighted by molar-refractivity contribution is 0.0190. The smallest absolute Gasteiger partial charge is 0.202 e. The van der Waals surface area contributed by atoms with Gasteiger partial charge >= 0.3 is 0 Å². The molecule has 0 bridgehead atoms. The summed E-state index contributed by atoms with van der Waals surface area (Å²) in [6.45, 7) is 9.80. The van der Waals surface area contributed by atoms with E-state index in [2.05, 4.69) is 6.08 Å². The van der Waals surface area contributed by atoms with Crippen LogP contribution in [-0.4, -0.2) is 44.5 Å². The maximum Gasteiger partial charge on any atom is 0.202 e. The number of ether oxygens (including phenoxy) is 2. The number of benzene rings is 2. The summed E-state index contributed by atoms with van der Waals surface area (Å²) in [5.41, 5.74) is 3.20. The molecule has 0 unspecified atom stereocenters. The van der Waals surface area contributed by atoms with E-state index >= 15 is 0 Å². The third kappa shape index (κ3) is 6.40. The molecular formula is C31H38O8. The predicted molar refractivity (Wildman–Crippen MR) is 149 cm³/mol. The summed E-state index contributed by atoms with van der Waals surface area (Å²) in [6.07, 6.45) is 4.55. The number of carbonyl (C=O) groups is 1. The molecule has 0 amide bonds. The van der Waals surface area contributed by atoms with Gasteiger partial charge in [-0.15, -0.1) is 0 Å². The molecule has 8 nitrogen and oxygen atoms in total. The SMILES string of the molecule is COc1cc(O)c([C@H]2Oc3c(CC=C(C)C)c(O)c(C/C=C(\C)CCC=C(C)C)c(O)c3C(=O)[C@@H]2O)c(O)c1. The normalized spacial score (nSPS) is 16.8. The number of hydrogen-bond acceptors (Lipinski definition) is 8. The number of fused-ring (bicyclic) bond motifs is 1. The molecule has 0 aliphatic carbocycles. The molecule has 0 saturated carbocycles. The van der Waals surface area contributed by atoms with Crippen LogP contribution >= 0.6 is 0 Å². The van der Waals surface area contributed by atoms with Gasteiger partial charge < -0.3 is 35.0 Å². The van der Waals surface area contributed by atoms with Gasteiger partial charge in [0.25, 0.3) is 0 Å². The number of carbonyl (C=O) groups excluding carboxylic acids is 1. The molecule has 1 heterocycles. The van der Waals surface area contributed by atoms with E-state index in [1.54, 1.807) is 0 Å². The van der Waals surface area contributed by atoms with Crippen molar-refractivity contribution in [3.05, 3.63) is 69.3 Å². The lowest BCUT2D eigenvalue weighted by atomic mass is 9.87. The number of phenols is 4. The zero-order chi connectivity index (χ0) is 29.0. The molecule has 5 N–H and O–H groups in total. The van der Waals surface area contributed by atoms with Gasteiger partial charge in [0.1, 0.15) is 40.1 Å². The van der Waals surface area contributed by atoms with Crippen molar-refractivity contribution in [2.24, 2.45) is 0 Å². The molecule has 2 atom stereocenters. The van der Waals surface area contributed by atoms with E-state index < -0.39 is 35.2 Å². The number of aromatic hydroxyl groups is 4. The number of ketones is 1. The molecule has 0 spiro atoms. The average molecular weight is 539 g/mol. The summed E-state index contributed by atoms with van der Waals surface area (Å²) in [4.78, 5) is 13.5. The van der Waals surface area contributed by atoms with Gasteiger partial charge in [-0.3, -0.25) is 4.79 Å². The predicted octanol–water partition coefficient (Wildman–Crippen LogP) is 5.94. The Morgan fingerprint density at radius 3 is 2.05 bits per heavy atom. The minimum Gasteiger partial charge on any atom is -0.507 e. The number of methoxy groups -OCH3 is 1. The molecule has 210 valence electrons. The highest BCUT2D eigenvalue weighted by molar-refractivity contribution is 6.06. The zero-order valence-electron chi connectivity index (χ0n) is 23.3. The highest BCUT2D eigenvalue weighted by Crippen LogP contribution is 2.51. The van der Waals surface area contributed by atoms with Gasteiger partial charge in [0, 0.05) is 23.3 Å². The molecule has 0 aromatic heterocycles. The van der Waals surface area contributed by atoms with Gasteiger partial charge in [0.2, 0.25) is 5.78 Å². The second-order valence-corrected chi connectivity index (χ2v) is 10.3. The Hall–Kier alpha value is -3.91. The standard InChI is InChI=1S/C31H38O8/c1-16(2)8-7-9-18(5)11-13-20-26(34)21(12-10-17(3)4)30-25(27(20)35)28(36)29(37)31(39-30)24-22(32)14-19(38-6)15-23(24)33/h8,10-11,14-15,29,31-35,37H,7,9,12-13H2,1-6H3/b18-11+/t29-,31+/m0/s1. The summed E-state index contributed by atoms with van der Waals surface area (Å²) in [6, 6.07) is 2.44. The van der Waals surface area contributed by atoms with Crippen LogP contribution < -0.4 is 9.47 Å². The number of rotatable bonds is 9. The molecule has 1 aliphatic rings. The number of aliphatic hydroxyl groups is 1. The third-order valence-corrected chi connectivity index (χ3v) is 6.73. The monoisotopic (exact) mass is 538 g/mol. The molecule has 0 saturated heterocycles. The molecule has 0 radical (unpaired) electrons. The highest BCUT2D eigenvalue weighted by atomic mass is 16.5. The molecular weight excluding hydrogens is 500 g/mol. The summed E-state index contributed by atoms with van der Waals surface area (Å²) in [5.74, 6) is -2.37. The molecule has 3 rings (SSSR count). The lowest BCUT2D eigenvalue weighted by Crippen LogP contribution is -2.37. The first-order valence-electron chi connectivity index (χ1n) is 12.9. The van der Waals surface area contributed by atoms with E-state index in [9.17, 15) is 30.3 Å². The van der Waals surface area contributed by atoms with Gasteiger partial charge in [-0.25, -0.2) is 0 Å². The molecule has 2 aromatic rings. The minimum atomic E-state index is -1.84. The first-order chi connectivity index (χ1) is 18.4. The van der Waals surface area contributed by atoms with Gasteiger partial charge in [-0.2, -0.15) is 0 Å². The molecule has 8 heteroatoms. The van der Waals surface area contributed by atoms with Gasteiger partial charge in [0.05, 0.1) is 12.7 Å². The van der Waals surface area contributed by atoms with Crippen molar-refractivity contribution in [3.63, 3.8) is 0 Å². The Bertz CT molecular complexity index is 1320. The van der Waals surface area contributed by atoms with Crippen molar-refractivity contribution >= 4 is 5.78 Å². The Kier molecular flexibility index (Phi) is 9.35. The second-order valence-electron chi connectivity index (χ2n) is 10.3. The number of Topliss-reactive ketones (excluding diaryl/α,β-unsaturated/α-hetero) is 1. The van der Waals surface area contributed by atoms with E-state index in [1.165, 1.54) is 24.8 Å². The van der Waals surface area contributed by atoms with Crippen molar-refractivity contribution in [2.45, 2.75) is 72.5 Å². The van der Waals surface area contributed by atoms with Gasteiger partial charge in [0.15, 0.2) is 12.2 Å². The number of phenolic OH excluding ortho intramolecular Hbond substituents is 4. The van der Waals surface area contributed by atoms with E-state index in [4.69, 9.17) is 9.47 Å². The number of aliphatic hydroxyl groups excluding tert-OH is 1. The maximum atomic E-state index is 13.5. The van der Waals surface area contributed by atoms with Crippen LogP contribution in [0.3, 0.4) is 0 Å². The van der Waals surface area contributed by atoms with Crippen LogP contribution in [0.25, 0.3) is 0 Å². The summed E-state index contributed by atoms with van der Waals surface area (Å²) < 4.78 is 11.1. The van der Waals surface area contributed by atoms with Crippen molar-refractivity contribution in [2.75, 3.05) is 7.11 Å². The van der Waals surface area contributed by atoms with Crippen LogP contribution in [0, 0.1) is 0 Å². The Morgan fingerprint density at radius 2 is 1.49 bits per heavy atom. The van der Waals surface area contributed by atoms with Crippen LogP contribution in [0.15, 0.2) is 47.1 Å². The fourth-order valence-electron chi connectivity index (χ4n) is 4.53. The Balaban J connectivity index is 2.14. The van der Waals surface area contributed by atoms with E-state index in [0.29, 0.717) is 0 Å². The number of hydrogen-bond donors (Lipinski definition) is 5. The topological polar surface area (TPSA) is 137 Å². The van der Waals surface area contributed by atoms with Gasteiger partial charge in [-0.05, 0) is 60.3 Å². The van der Waals surface area contributed by atoms with Crippen LogP contribution in [0.1, 0.15) is 80.6 Å². The van der Waals surface area contributed by atoms with Crippen LogP contribution in [0.5, 0.6) is 34.5 Å². The Labute approximate surface area is 229 Å². The Morgan fingerprint density at radius 1 is 0.897 bits per heavy atom. The zero-order valence-corrected chi connectivity index (χ0v) is 23.3. The van der Waals surface area contributed by atoms with Crippen LogP contribution in [0.2, 0.25) is 0 Å². The maximum absolute atomic E-state index is 13.5. The minimum absolute atomic E-state index is 0.106. The third-order valence-electron chi connectivity index (χ3n) is 6.73. The highest BCUT2D eigenvalue weighted by Gasteiger charge is 2.44. The van der Waals surface area contributed by atoms with E-state index in [1.807, 2.05) is 46.8 Å². The average Bonchev–Trinajstić information content (AvgIpc) is 2.85. The summed E-state index contributed by atoms with van der Waals surface area (Å²) >= 11 is 0. The second kappa shape index (κ2) is 12.3. The van der Waals surface area contributed by atoms with E-state index in [-0.39, 0.29) is 52.3 Å². The fourth-order valence-corrected chi connectivity index (χ4v) is 4.53. The fraction of sp³-hybridized carbons (Fsp3) is 0.387. The van der Waals surface area contributed by atoms with Gasteiger partial charge in [-0.1, -0.05) is 34.9 Å². The lowest BCUT2D eigenvalue weighted by Gasteiger charge is -2.33. The van der Waals surface area contributed by atoms with Crippen molar-refractivity contribution < 1.29 is 39.8 Å². The number of allylic oxidation sites excluding steroid dienone is 6. The van der Waals surface area contributed by atoms with Crippen LogP contribution in [-0.2, 0) is 12.8 Å². The largest absolute Gasteiger partial charge is 0.507 e. The summed E-state index contributed by atoms with van der Waals surface area (Å²) in [5, 5.41) is 54.5. The van der Waals surface area contributed by atoms with Crippen molar-refractivity contribution in [1.29, 1.82) is 0 Å². The quantitative estimate of drug-likeness (QED) is 0.248.